The average Bonchev–Trinajstić information content (AvgIpc) is 2.64. The van der Waals surface area contributed by atoms with Crippen LogP contribution in [-0.4, -0.2) is 21.8 Å². The molecule has 0 radical (unpaired) electrons. The molecule has 1 unspecified atom stereocenters. The molecule has 0 N–H and O–H groups in total. The lowest BCUT2D eigenvalue weighted by atomic mass is 10.1. The summed E-state index contributed by atoms with van der Waals surface area (Å²) in [6, 6.07) is 2.17. The first-order valence-corrected chi connectivity index (χ1v) is 13.6. The third-order valence-corrected chi connectivity index (χ3v) is 9.23. The van der Waals surface area contributed by atoms with Gasteiger partial charge in [0, 0.05) is 13.2 Å². The van der Waals surface area contributed by atoms with Crippen molar-refractivity contribution in [2.24, 2.45) is 5.92 Å². The third kappa shape index (κ3) is 13.9. The Balaban J connectivity index is 3.68. The van der Waals surface area contributed by atoms with E-state index >= 15 is 0 Å². The predicted octanol–water partition coefficient (Wildman–Crippen LogP) is 7.86. The first-order chi connectivity index (χ1) is 12.1. The van der Waals surface area contributed by atoms with Crippen LogP contribution in [0.2, 0.25) is 12.1 Å². The van der Waals surface area contributed by atoms with Crippen LogP contribution in [-0.2, 0) is 8.85 Å². The topological polar surface area (TPSA) is 18.5 Å². The Labute approximate surface area is 160 Å². The number of hydrogen-bond acceptors (Lipinski definition) is 2. The first-order valence-electron chi connectivity index (χ1n) is 11.4. The van der Waals surface area contributed by atoms with Crippen molar-refractivity contribution >= 4 is 8.56 Å². The molecule has 0 aliphatic carbocycles. The fraction of sp³-hybridized carbons (Fsp3) is 1.00. The second-order valence-electron chi connectivity index (χ2n) is 7.80. The van der Waals surface area contributed by atoms with E-state index in [-0.39, 0.29) is 0 Å². The zero-order chi connectivity index (χ0) is 18.8. The molecule has 1 atom stereocenters. The second-order valence-corrected chi connectivity index (χ2v) is 11.6. The van der Waals surface area contributed by atoms with Crippen LogP contribution in [0.5, 0.6) is 0 Å². The molecule has 0 fully saturated rings. The van der Waals surface area contributed by atoms with E-state index in [1.807, 2.05) is 0 Å². The highest BCUT2D eigenvalue weighted by Gasteiger charge is 2.33. The summed E-state index contributed by atoms with van der Waals surface area (Å²) in [7, 11) is -1.92. The summed E-state index contributed by atoms with van der Waals surface area (Å²) in [4.78, 5) is 0. The van der Waals surface area contributed by atoms with Crippen molar-refractivity contribution in [2.75, 3.05) is 13.2 Å². The van der Waals surface area contributed by atoms with Gasteiger partial charge in [-0.2, -0.15) is 0 Å². The highest BCUT2D eigenvalue weighted by atomic mass is 28.4. The Kier molecular flexibility index (Phi) is 17.6. The van der Waals surface area contributed by atoms with Gasteiger partial charge in [0.15, 0.2) is 0 Å². The van der Waals surface area contributed by atoms with Gasteiger partial charge in [-0.3, -0.25) is 0 Å². The molecule has 0 aromatic rings. The molecule has 0 bridgehead atoms. The fourth-order valence-corrected chi connectivity index (χ4v) is 5.60. The molecule has 0 saturated heterocycles. The maximum Gasteiger partial charge on any atom is 0.337 e. The van der Waals surface area contributed by atoms with E-state index in [9.17, 15) is 0 Å². The van der Waals surface area contributed by atoms with Crippen molar-refractivity contribution < 1.29 is 8.85 Å². The Hall–Kier alpha value is 0.137. The van der Waals surface area contributed by atoms with Crippen LogP contribution < -0.4 is 0 Å². The Morgan fingerprint density at radius 3 is 1.60 bits per heavy atom. The van der Waals surface area contributed by atoms with Gasteiger partial charge < -0.3 is 8.85 Å². The molecule has 25 heavy (non-hydrogen) atoms. The Morgan fingerprint density at radius 1 is 0.640 bits per heavy atom. The molecule has 0 spiro atoms. The minimum atomic E-state index is -1.92. The van der Waals surface area contributed by atoms with E-state index in [0.717, 1.165) is 31.2 Å². The van der Waals surface area contributed by atoms with Gasteiger partial charge in [0.05, 0.1) is 0 Å². The van der Waals surface area contributed by atoms with E-state index in [1.165, 1.54) is 77.0 Å². The molecular formula is C22H48O2Si. The van der Waals surface area contributed by atoms with Crippen LogP contribution in [0.15, 0.2) is 0 Å². The summed E-state index contributed by atoms with van der Waals surface area (Å²) in [6.45, 7) is 13.2. The smallest absolute Gasteiger partial charge is 0.337 e. The van der Waals surface area contributed by atoms with Gasteiger partial charge in [-0.05, 0) is 30.8 Å². The summed E-state index contributed by atoms with van der Waals surface area (Å²) in [5.74, 6) is 0.766. The van der Waals surface area contributed by atoms with Crippen molar-refractivity contribution in [2.45, 2.75) is 124 Å². The summed E-state index contributed by atoms with van der Waals surface area (Å²) >= 11 is 0. The first kappa shape index (κ1) is 25.1. The monoisotopic (exact) mass is 372 g/mol. The zero-order valence-electron chi connectivity index (χ0n) is 18.2. The lowest BCUT2D eigenvalue weighted by Gasteiger charge is -2.29. The van der Waals surface area contributed by atoms with Crippen LogP contribution in [0, 0.1) is 5.92 Å². The molecule has 2 nitrogen and oxygen atoms in total. The number of rotatable bonds is 19. The maximum atomic E-state index is 6.33. The van der Waals surface area contributed by atoms with Crippen molar-refractivity contribution in [1.29, 1.82) is 0 Å². The largest absolute Gasteiger partial charge is 0.394 e. The van der Waals surface area contributed by atoms with Gasteiger partial charge in [-0.1, -0.05) is 98.8 Å². The number of unbranched alkanes of at least 4 members (excludes halogenated alkanes) is 9. The summed E-state index contributed by atoms with van der Waals surface area (Å²) in [5, 5.41) is 0. The van der Waals surface area contributed by atoms with Gasteiger partial charge in [-0.25, -0.2) is 0 Å². The molecule has 0 aromatic heterocycles. The average molecular weight is 373 g/mol. The zero-order valence-corrected chi connectivity index (χ0v) is 19.2. The van der Waals surface area contributed by atoms with Crippen LogP contribution in [0.4, 0.5) is 0 Å². The van der Waals surface area contributed by atoms with Crippen molar-refractivity contribution in [3.05, 3.63) is 0 Å². The van der Waals surface area contributed by atoms with Crippen LogP contribution in [0.3, 0.4) is 0 Å². The molecule has 0 aliphatic rings. The fourth-order valence-electron chi connectivity index (χ4n) is 3.20. The van der Waals surface area contributed by atoms with Gasteiger partial charge in [0.1, 0.15) is 0 Å². The minimum absolute atomic E-state index is 0.766. The molecule has 0 aromatic carbocycles. The minimum Gasteiger partial charge on any atom is -0.394 e. The SMILES string of the molecule is CCCCCCCCCCCCO[Si](CC)(CC)OCCC(C)CC. The molecular weight excluding hydrogens is 324 g/mol. The Morgan fingerprint density at radius 2 is 1.12 bits per heavy atom. The standard InChI is InChI=1S/C22H48O2Si/c1-6-10-11-12-13-14-15-16-17-18-20-23-25(8-3,9-4)24-21-19-22(5)7-2/h22H,6-21H2,1-5H3. The van der Waals surface area contributed by atoms with Gasteiger partial charge in [0.2, 0.25) is 0 Å². The lowest BCUT2D eigenvalue weighted by molar-refractivity contribution is 0.157. The van der Waals surface area contributed by atoms with E-state index in [4.69, 9.17) is 8.85 Å². The maximum absolute atomic E-state index is 6.33. The van der Waals surface area contributed by atoms with Gasteiger partial charge in [0.25, 0.3) is 0 Å². The normalized spacial score (nSPS) is 13.3. The van der Waals surface area contributed by atoms with Crippen molar-refractivity contribution in [3.63, 3.8) is 0 Å². The molecule has 3 heteroatoms. The summed E-state index contributed by atoms with van der Waals surface area (Å²) in [6.07, 6.45) is 16.2. The van der Waals surface area contributed by atoms with E-state index < -0.39 is 8.56 Å². The van der Waals surface area contributed by atoms with Gasteiger partial charge in [-0.15, -0.1) is 0 Å². The molecule has 0 aliphatic heterocycles. The second kappa shape index (κ2) is 17.5. The number of hydrogen-bond donors (Lipinski definition) is 0. The summed E-state index contributed by atoms with van der Waals surface area (Å²) in [5.41, 5.74) is 0. The molecule has 0 heterocycles. The third-order valence-electron chi connectivity index (χ3n) is 5.61. The molecule has 0 amide bonds. The van der Waals surface area contributed by atoms with Crippen LogP contribution >= 0.6 is 0 Å². The predicted molar refractivity (Wildman–Crippen MR) is 115 cm³/mol. The van der Waals surface area contributed by atoms with Crippen molar-refractivity contribution in [3.8, 4) is 0 Å². The van der Waals surface area contributed by atoms with Gasteiger partial charge >= 0.3 is 8.56 Å². The summed E-state index contributed by atoms with van der Waals surface area (Å²) < 4.78 is 12.6. The van der Waals surface area contributed by atoms with Crippen LogP contribution in [0.25, 0.3) is 0 Å². The van der Waals surface area contributed by atoms with E-state index in [1.54, 1.807) is 0 Å². The van der Waals surface area contributed by atoms with E-state index in [2.05, 4.69) is 34.6 Å². The Bertz CT molecular complexity index is 267. The van der Waals surface area contributed by atoms with E-state index in [0.29, 0.717) is 0 Å². The molecule has 0 saturated carbocycles. The highest BCUT2D eigenvalue weighted by Crippen LogP contribution is 2.21. The lowest BCUT2D eigenvalue weighted by Crippen LogP contribution is -2.41. The van der Waals surface area contributed by atoms with Crippen molar-refractivity contribution in [1.82, 2.24) is 0 Å². The molecule has 152 valence electrons. The molecule has 0 rings (SSSR count). The highest BCUT2D eigenvalue weighted by molar-refractivity contribution is 6.67. The quantitative estimate of drug-likeness (QED) is 0.170. The van der Waals surface area contributed by atoms with Crippen LogP contribution in [0.1, 0.15) is 112 Å².